The van der Waals surface area contributed by atoms with E-state index in [2.05, 4.69) is 4.74 Å². The topological polar surface area (TPSA) is 110 Å². The Morgan fingerprint density at radius 1 is 1.08 bits per heavy atom. The molecule has 0 bridgehead atoms. The number of aliphatic hydroxyl groups is 5. The van der Waals surface area contributed by atoms with Crippen LogP contribution >= 0.6 is 0 Å². The Morgan fingerprint density at radius 3 is 2.17 bits per heavy atom. The largest absolute Gasteiger partial charge is 0.394 e. The summed E-state index contributed by atoms with van der Waals surface area (Å²) in [6.07, 6.45) is -7.98. The van der Waals surface area contributed by atoms with Gasteiger partial charge < -0.3 is 30.3 Å². The number of hydrogen-bond donors (Lipinski definition) is 5. The molecule has 1 rings (SSSR count). The fourth-order valence-electron chi connectivity index (χ4n) is 1.01. The molecule has 0 saturated carbocycles. The van der Waals surface area contributed by atoms with E-state index in [0.717, 1.165) is 0 Å². The molecule has 6 nitrogen and oxygen atoms in total. The zero-order valence-electron chi connectivity index (χ0n) is 7.11. The summed E-state index contributed by atoms with van der Waals surface area (Å²) in [6, 6.07) is 0. The predicted octanol–water partition coefficient (Wildman–Crippen LogP) is -3.22. The molecule has 1 aliphatic rings. The van der Waals surface area contributed by atoms with E-state index in [1.165, 1.54) is 0 Å². The molecule has 0 radical (unpaired) electrons. The Hall–Kier alpha value is -0.240. The van der Waals surface area contributed by atoms with Crippen molar-refractivity contribution in [1.82, 2.24) is 0 Å². The molecule has 1 heterocycles. The van der Waals surface area contributed by atoms with Gasteiger partial charge in [0.25, 0.3) is 0 Å². The Labute approximate surface area is 70.0 Å². The summed E-state index contributed by atoms with van der Waals surface area (Å²) in [4.78, 5) is 0. The third-order valence-corrected chi connectivity index (χ3v) is 1.77. The van der Waals surface area contributed by atoms with Crippen molar-refractivity contribution < 1.29 is 31.6 Å². The van der Waals surface area contributed by atoms with Crippen molar-refractivity contribution in [2.75, 3.05) is 6.58 Å². The zero-order valence-corrected chi connectivity index (χ0v) is 6.11. The van der Waals surface area contributed by atoms with E-state index >= 15 is 0 Å². The van der Waals surface area contributed by atoms with Gasteiger partial charge in [-0.3, -0.25) is 0 Å². The van der Waals surface area contributed by atoms with Crippen LogP contribution in [0.25, 0.3) is 0 Å². The monoisotopic (exact) mass is 181 g/mol. The van der Waals surface area contributed by atoms with Crippen molar-refractivity contribution in [3.63, 3.8) is 0 Å². The molecule has 0 aliphatic carbocycles. The molecule has 5 N–H and O–H groups in total. The Kier molecular flexibility index (Phi) is 2.54. The maximum Gasteiger partial charge on any atom is 0.184 e. The summed E-state index contributed by atoms with van der Waals surface area (Å²) in [5.74, 6) is 0. The minimum Gasteiger partial charge on any atom is -0.394 e. The van der Waals surface area contributed by atoms with E-state index in [1.807, 2.05) is 0 Å². The molecule has 0 spiro atoms. The smallest absolute Gasteiger partial charge is 0.184 e. The second-order valence-corrected chi connectivity index (χ2v) is 2.61. The number of aliphatic hydroxyl groups excluding tert-OH is 5. The van der Waals surface area contributed by atoms with Gasteiger partial charge >= 0.3 is 0 Å². The van der Waals surface area contributed by atoms with Crippen LogP contribution in [0, 0.1) is 0 Å². The normalized spacial score (nSPS) is 53.1. The number of ether oxygens (including phenoxy) is 1. The van der Waals surface area contributed by atoms with Crippen LogP contribution in [0.4, 0.5) is 0 Å². The van der Waals surface area contributed by atoms with Crippen LogP contribution in [-0.2, 0) is 4.74 Å². The molecule has 6 heteroatoms. The molecule has 1 unspecified atom stereocenters. The molecule has 12 heavy (non-hydrogen) atoms. The highest BCUT2D eigenvalue weighted by Crippen LogP contribution is 2.18. The predicted molar refractivity (Wildman–Crippen MR) is 36.0 cm³/mol. The third kappa shape index (κ3) is 1.58. The minimum atomic E-state index is -1.79. The molecule has 0 aromatic heterocycles. The average Bonchev–Trinajstić information content (AvgIpc) is 2.07. The van der Waals surface area contributed by atoms with Crippen molar-refractivity contribution in [2.24, 2.45) is 0 Å². The van der Waals surface area contributed by atoms with Gasteiger partial charge in [-0.1, -0.05) is 0 Å². The Morgan fingerprint density at radius 2 is 1.67 bits per heavy atom. The maximum atomic E-state index is 9.17. The van der Waals surface area contributed by atoms with E-state index in [0.29, 0.717) is 0 Å². The first-order valence-electron chi connectivity index (χ1n) is 4.01. The van der Waals surface area contributed by atoms with Crippen molar-refractivity contribution in [2.45, 2.75) is 30.7 Å². The first kappa shape index (κ1) is 8.36. The van der Waals surface area contributed by atoms with Gasteiger partial charge in [-0.2, -0.15) is 0 Å². The molecule has 0 amide bonds. The highest BCUT2D eigenvalue weighted by molar-refractivity contribution is 4.87. The number of rotatable bonds is 1. The van der Waals surface area contributed by atoms with E-state index < -0.39 is 37.3 Å². The lowest BCUT2D eigenvalue weighted by Crippen LogP contribution is -2.58. The minimum absolute atomic E-state index is 1.42. The Bertz CT molecular complexity index is 177. The third-order valence-electron chi connectivity index (χ3n) is 1.77. The molecular weight excluding hydrogens is 168 g/mol. The Balaban J connectivity index is 2.70. The van der Waals surface area contributed by atoms with Crippen LogP contribution in [0.1, 0.15) is 1.37 Å². The second-order valence-electron chi connectivity index (χ2n) is 2.61. The van der Waals surface area contributed by atoms with Crippen molar-refractivity contribution >= 4 is 0 Å². The van der Waals surface area contributed by atoms with Gasteiger partial charge in [0.15, 0.2) is 6.29 Å². The summed E-state index contributed by atoms with van der Waals surface area (Å²) in [6.45, 7) is -1.79. The van der Waals surface area contributed by atoms with Crippen molar-refractivity contribution in [3.05, 3.63) is 0 Å². The number of hydrogen-bond acceptors (Lipinski definition) is 6. The van der Waals surface area contributed by atoms with Crippen LogP contribution in [0.5, 0.6) is 0 Å². The van der Waals surface area contributed by atoms with Crippen LogP contribution in [0.3, 0.4) is 0 Å². The van der Waals surface area contributed by atoms with Gasteiger partial charge in [-0.25, -0.2) is 0 Å². The molecule has 6 atom stereocenters. The SMILES string of the molecule is [2H][C@H](O)[C@H]1OC(O)[C@H](O)[C@@H](O)[C@@H]1O. The summed E-state index contributed by atoms with van der Waals surface area (Å²) >= 11 is 0. The molecule has 1 aliphatic heterocycles. The quantitative estimate of drug-likeness (QED) is 0.291. The van der Waals surface area contributed by atoms with E-state index in [1.54, 1.807) is 0 Å². The maximum absolute atomic E-state index is 9.17. The van der Waals surface area contributed by atoms with E-state index in [-0.39, 0.29) is 0 Å². The first-order chi connectivity index (χ1) is 5.95. The summed E-state index contributed by atoms with van der Waals surface area (Å²) in [7, 11) is 0. The summed E-state index contributed by atoms with van der Waals surface area (Å²) in [5, 5.41) is 45.0. The van der Waals surface area contributed by atoms with Crippen LogP contribution in [0.15, 0.2) is 0 Å². The molecule has 0 aromatic carbocycles. The fraction of sp³-hybridized carbons (Fsp3) is 1.00. The van der Waals surface area contributed by atoms with Gasteiger partial charge in [0.1, 0.15) is 24.4 Å². The van der Waals surface area contributed by atoms with Gasteiger partial charge in [-0.15, -0.1) is 0 Å². The average molecular weight is 181 g/mol. The highest BCUT2D eigenvalue weighted by Gasteiger charge is 2.42. The lowest BCUT2D eigenvalue weighted by Gasteiger charge is -2.37. The van der Waals surface area contributed by atoms with E-state index in [4.69, 9.17) is 26.9 Å². The second kappa shape index (κ2) is 3.65. The summed E-state index contributed by atoms with van der Waals surface area (Å²) < 4.78 is 11.3. The molecule has 1 saturated heterocycles. The van der Waals surface area contributed by atoms with E-state index in [9.17, 15) is 0 Å². The lowest BCUT2D eigenvalue weighted by atomic mass is 10.00. The highest BCUT2D eigenvalue weighted by atomic mass is 16.6. The van der Waals surface area contributed by atoms with Crippen molar-refractivity contribution in [1.29, 1.82) is 0 Å². The van der Waals surface area contributed by atoms with Gasteiger partial charge in [0.05, 0.1) is 7.95 Å². The van der Waals surface area contributed by atoms with Crippen molar-refractivity contribution in [3.8, 4) is 0 Å². The first-order valence-corrected chi connectivity index (χ1v) is 3.43. The zero-order chi connectivity index (χ0) is 10.2. The molecular formula is C6H12O6. The molecule has 72 valence electrons. The van der Waals surface area contributed by atoms with Gasteiger partial charge in [0.2, 0.25) is 0 Å². The van der Waals surface area contributed by atoms with Gasteiger partial charge in [-0.05, 0) is 0 Å². The fourth-order valence-corrected chi connectivity index (χ4v) is 1.01. The molecule has 1 fully saturated rings. The van der Waals surface area contributed by atoms with Crippen LogP contribution < -0.4 is 0 Å². The van der Waals surface area contributed by atoms with Crippen LogP contribution in [0.2, 0.25) is 0 Å². The molecule has 0 aromatic rings. The lowest BCUT2D eigenvalue weighted by molar-refractivity contribution is -0.286. The van der Waals surface area contributed by atoms with Gasteiger partial charge in [0, 0.05) is 0 Å². The standard InChI is InChI=1S/C6H12O6/c7-1-2-3(8)4(9)5(10)6(11)12-2/h2-11H,1H2/t2-,3-,4+,5-,6?/m1/s1/i1D/t1-,2+,3+,4-,5+,6?/m0. The summed E-state index contributed by atoms with van der Waals surface area (Å²) in [5.41, 5.74) is 0. The van der Waals surface area contributed by atoms with Crippen LogP contribution in [-0.4, -0.2) is 62.8 Å².